The van der Waals surface area contributed by atoms with Crippen molar-refractivity contribution >= 4 is 52.5 Å². The number of thioether (sulfide) groups is 1. The number of halogens is 5. The van der Waals surface area contributed by atoms with E-state index in [0.29, 0.717) is 14.9 Å². The maximum Gasteiger partial charge on any atom is 0.418 e. The third-order valence-corrected chi connectivity index (χ3v) is 5.27. The molecule has 0 unspecified atom stereocenters. The topological polar surface area (TPSA) is 49.4 Å². The summed E-state index contributed by atoms with van der Waals surface area (Å²) in [6, 6.07) is 9.46. The van der Waals surface area contributed by atoms with Crippen LogP contribution in [0.15, 0.2) is 47.4 Å². The van der Waals surface area contributed by atoms with Gasteiger partial charge in [-0.2, -0.15) is 13.2 Å². The van der Waals surface area contributed by atoms with Gasteiger partial charge in [-0.15, -0.1) is 11.8 Å². The highest BCUT2D eigenvalue weighted by Gasteiger charge is 2.33. The molecule has 0 aliphatic heterocycles. The van der Waals surface area contributed by atoms with Crippen molar-refractivity contribution in [1.82, 2.24) is 4.90 Å². The molecular formula is C18H15Cl2F3N2O2S. The summed E-state index contributed by atoms with van der Waals surface area (Å²) in [5.41, 5.74) is -1.32. The summed E-state index contributed by atoms with van der Waals surface area (Å²) in [5.74, 6) is -1.14. The van der Waals surface area contributed by atoms with Crippen molar-refractivity contribution in [2.45, 2.75) is 11.1 Å². The van der Waals surface area contributed by atoms with Crippen LogP contribution in [0.4, 0.5) is 18.9 Å². The Morgan fingerprint density at radius 1 is 1.14 bits per heavy atom. The predicted molar refractivity (Wildman–Crippen MR) is 105 cm³/mol. The number of amides is 2. The quantitative estimate of drug-likeness (QED) is 0.615. The molecule has 0 fully saturated rings. The number of rotatable bonds is 6. The van der Waals surface area contributed by atoms with Crippen LogP contribution in [-0.2, 0) is 15.8 Å². The number of likely N-dealkylation sites (N-methyl/N-ethyl adjacent to an activating group) is 1. The number of benzene rings is 2. The third-order valence-electron chi connectivity index (χ3n) is 3.56. The van der Waals surface area contributed by atoms with Crippen molar-refractivity contribution in [3.05, 3.63) is 58.1 Å². The maximum absolute atomic E-state index is 13.0. The maximum atomic E-state index is 13.0. The molecular weight excluding hydrogens is 436 g/mol. The molecule has 4 nitrogen and oxygen atoms in total. The van der Waals surface area contributed by atoms with Crippen LogP contribution in [0.25, 0.3) is 0 Å². The molecule has 1 N–H and O–H groups in total. The summed E-state index contributed by atoms with van der Waals surface area (Å²) in [6.45, 7) is -0.394. The second kappa shape index (κ2) is 9.54. The normalized spacial score (nSPS) is 11.2. The van der Waals surface area contributed by atoms with Crippen molar-refractivity contribution in [1.29, 1.82) is 0 Å². The molecule has 28 heavy (non-hydrogen) atoms. The monoisotopic (exact) mass is 450 g/mol. The molecule has 0 atom stereocenters. The Balaban J connectivity index is 1.93. The summed E-state index contributed by atoms with van der Waals surface area (Å²) in [6.07, 6.45) is -4.60. The van der Waals surface area contributed by atoms with Gasteiger partial charge in [-0.25, -0.2) is 0 Å². The summed E-state index contributed by atoms with van der Waals surface area (Å²) < 4.78 is 38.9. The first-order valence-corrected chi connectivity index (χ1v) is 9.60. The molecule has 0 heterocycles. The Morgan fingerprint density at radius 2 is 1.82 bits per heavy atom. The van der Waals surface area contributed by atoms with Crippen LogP contribution in [0.1, 0.15) is 5.56 Å². The van der Waals surface area contributed by atoms with E-state index in [1.165, 1.54) is 19.2 Å². The van der Waals surface area contributed by atoms with E-state index in [9.17, 15) is 22.8 Å². The molecule has 2 aromatic rings. The van der Waals surface area contributed by atoms with Crippen molar-refractivity contribution in [2.75, 3.05) is 24.7 Å². The Kier molecular flexibility index (Phi) is 7.63. The minimum absolute atomic E-state index is 0.0109. The second-order valence-corrected chi connectivity index (χ2v) is 7.57. The molecule has 150 valence electrons. The van der Waals surface area contributed by atoms with Gasteiger partial charge >= 0.3 is 6.18 Å². The van der Waals surface area contributed by atoms with Crippen LogP contribution in [0.5, 0.6) is 0 Å². The summed E-state index contributed by atoms with van der Waals surface area (Å²) in [4.78, 5) is 26.0. The van der Waals surface area contributed by atoms with Gasteiger partial charge < -0.3 is 10.2 Å². The molecule has 2 amide bonds. The van der Waals surface area contributed by atoms with E-state index in [4.69, 9.17) is 23.2 Å². The minimum atomic E-state index is -4.60. The molecule has 0 aromatic heterocycles. The molecule has 0 bridgehead atoms. The molecule has 0 radical (unpaired) electrons. The first-order valence-electron chi connectivity index (χ1n) is 7.86. The van der Waals surface area contributed by atoms with Gasteiger partial charge in [0.15, 0.2) is 0 Å². The van der Waals surface area contributed by atoms with Gasteiger partial charge in [-0.3, -0.25) is 9.59 Å². The summed E-state index contributed by atoms with van der Waals surface area (Å²) in [7, 11) is 1.39. The molecule has 0 aliphatic rings. The lowest BCUT2D eigenvalue weighted by atomic mass is 10.1. The largest absolute Gasteiger partial charge is 0.418 e. The van der Waals surface area contributed by atoms with Crippen molar-refractivity contribution in [3.63, 3.8) is 0 Å². The average molecular weight is 451 g/mol. The highest BCUT2D eigenvalue weighted by atomic mass is 35.5. The standard InChI is InChI=1S/C18H15Cl2F3N2O2S/c1-25(17(27)10-28-15-8-11(19)6-7-13(15)20)9-16(26)24-14-5-3-2-4-12(14)18(21,22)23/h2-8H,9-10H2,1H3,(H,24,26). The van der Waals surface area contributed by atoms with Gasteiger partial charge in [-0.1, -0.05) is 35.3 Å². The first kappa shape index (κ1) is 22.4. The zero-order chi connectivity index (χ0) is 20.9. The first-order chi connectivity index (χ1) is 13.1. The number of hydrogen-bond acceptors (Lipinski definition) is 3. The predicted octanol–water partition coefficient (Wildman–Crippen LogP) is 5.20. The van der Waals surface area contributed by atoms with E-state index < -0.39 is 24.2 Å². The number of carbonyl (C=O) groups excluding carboxylic acids is 2. The average Bonchev–Trinajstić information content (AvgIpc) is 2.61. The number of nitrogens with zero attached hydrogens (tertiary/aromatic N) is 1. The van der Waals surface area contributed by atoms with E-state index in [0.717, 1.165) is 28.8 Å². The SMILES string of the molecule is CN(CC(=O)Nc1ccccc1C(F)(F)F)C(=O)CSc1cc(Cl)ccc1Cl. The fourth-order valence-corrected chi connectivity index (χ4v) is 3.60. The fourth-order valence-electron chi connectivity index (χ4n) is 2.17. The van der Waals surface area contributed by atoms with Crippen LogP contribution >= 0.6 is 35.0 Å². The molecule has 0 aliphatic carbocycles. The molecule has 0 spiro atoms. The molecule has 0 saturated carbocycles. The number of hydrogen-bond donors (Lipinski definition) is 1. The smallest absolute Gasteiger partial charge is 0.336 e. The summed E-state index contributed by atoms with van der Waals surface area (Å²) >= 11 is 13.1. The Hall–Kier alpha value is -1.90. The Bertz CT molecular complexity index is 878. The second-order valence-electron chi connectivity index (χ2n) is 5.70. The van der Waals surface area contributed by atoms with Gasteiger partial charge in [0.25, 0.3) is 0 Å². The summed E-state index contributed by atoms with van der Waals surface area (Å²) in [5, 5.41) is 3.10. The molecule has 2 rings (SSSR count). The zero-order valence-electron chi connectivity index (χ0n) is 14.5. The zero-order valence-corrected chi connectivity index (χ0v) is 16.8. The van der Waals surface area contributed by atoms with Gasteiger partial charge in [0, 0.05) is 17.0 Å². The van der Waals surface area contributed by atoms with Gasteiger partial charge in [0.2, 0.25) is 11.8 Å². The number of anilines is 1. The fraction of sp³-hybridized carbons (Fsp3) is 0.222. The molecule has 10 heteroatoms. The van der Waals surface area contributed by atoms with Crippen LogP contribution in [-0.4, -0.2) is 36.1 Å². The van der Waals surface area contributed by atoms with Crippen molar-refractivity contribution < 1.29 is 22.8 Å². The van der Waals surface area contributed by atoms with E-state index >= 15 is 0 Å². The lowest BCUT2D eigenvalue weighted by Gasteiger charge is -2.18. The van der Waals surface area contributed by atoms with E-state index in [-0.39, 0.29) is 17.3 Å². The lowest BCUT2D eigenvalue weighted by molar-refractivity contribution is -0.137. The third kappa shape index (κ3) is 6.32. The number of para-hydroxylation sites is 1. The van der Waals surface area contributed by atoms with Crippen LogP contribution < -0.4 is 5.32 Å². The van der Waals surface area contributed by atoms with Gasteiger partial charge in [0.1, 0.15) is 0 Å². The number of carbonyl (C=O) groups is 2. The Morgan fingerprint density at radius 3 is 2.50 bits per heavy atom. The number of nitrogens with one attached hydrogen (secondary N) is 1. The van der Waals surface area contributed by atoms with Gasteiger partial charge in [0.05, 0.1) is 28.6 Å². The minimum Gasteiger partial charge on any atom is -0.336 e. The van der Waals surface area contributed by atoms with E-state index in [1.807, 2.05) is 0 Å². The van der Waals surface area contributed by atoms with Crippen LogP contribution in [0.2, 0.25) is 10.0 Å². The highest BCUT2D eigenvalue weighted by molar-refractivity contribution is 8.00. The van der Waals surface area contributed by atoms with E-state index in [1.54, 1.807) is 18.2 Å². The Labute approximate surface area is 174 Å². The lowest BCUT2D eigenvalue weighted by Crippen LogP contribution is -2.36. The van der Waals surface area contributed by atoms with Crippen LogP contribution in [0.3, 0.4) is 0 Å². The van der Waals surface area contributed by atoms with Crippen molar-refractivity contribution in [2.24, 2.45) is 0 Å². The molecule has 2 aromatic carbocycles. The van der Waals surface area contributed by atoms with Crippen molar-refractivity contribution in [3.8, 4) is 0 Å². The highest BCUT2D eigenvalue weighted by Crippen LogP contribution is 2.34. The van der Waals surface area contributed by atoms with Crippen LogP contribution in [0, 0.1) is 0 Å². The van der Waals surface area contributed by atoms with E-state index in [2.05, 4.69) is 5.32 Å². The van der Waals surface area contributed by atoms with Gasteiger partial charge in [-0.05, 0) is 30.3 Å². The molecule has 0 saturated heterocycles. The number of alkyl halides is 3.